The molecule has 2 fully saturated rings. The number of carbonyl (C=O) groups is 1. The van der Waals surface area contributed by atoms with Gasteiger partial charge in [-0.05, 0) is 61.6 Å². The van der Waals surface area contributed by atoms with Crippen LogP contribution in [0.1, 0.15) is 47.7 Å². The SMILES string of the molecule is Cn1nc(C2CC3CC(CNS(=O)(=O)C(F)(F)F)CC3C2)c(C(=O)Nc2ccc(F)c(Cl)c2)c1N. The molecule has 2 atom stereocenters. The molecule has 192 valence electrons. The first-order chi connectivity index (χ1) is 16.3. The fourth-order valence-corrected chi connectivity index (χ4v) is 6.08. The third kappa shape index (κ3) is 5.12. The Labute approximate surface area is 204 Å². The fraction of sp³-hybridized carbons (Fsp3) is 0.524. The number of hydrogen-bond donors (Lipinski definition) is 3. The Hall–Kier alpha value is -2.38. The van der Waals surface area contributed by atoms with Gasteiger partial charge in [-0.15, -0.1) is 0 Å². The van der Waals surface area contributed by atoms with E-state index in [4.69, 9.17) is 17.3 Å². The first kappa shape index (κ1) is 25.7. The predicted octanol–water partition coefficient (Wildman–Crippen LogP) is 4.01. The van der Waals surface area contributed by atoms with Crippen LogP contribution in [-0.4, -0.2) is 36.2 Å². The minimum atomic E-state index is -5.36. The molecule has 2 aliphatic rings. The Balaban J connectivity index is 1.43. The molecular weight excluding hydrogens is 514 g/mol. The molecule has 2 unspecified atom stereocenters. The number of nitrogens with zero attached hydrogens (tertiary/aromatic N) is 2. The summed E-state index contributed by atoms with van der Waals surface area (Å²) in [6, 6.07) is 3.79. The van der Waals surface area contributed by atoms with Crippen LogP contribution in [0.3, 0.4) is 0 Å². The number of nitrogens with one attached hydrogen (secondary N) is 2. The highest BCUT2D eigenvalue weighted by Crippen LogP contribution is 2.53. The van der Waals surface area contributed by atoms with Crippen LogP contribution in [0.5, 0.6) is 0 Å². The van der Waals surface area contributed by atoms with Crippen molar-refractivity contribution in [3.05, 3.63) is 40.3 Å². The number of aromatic nitrogens is 2. The highest BCUT2D eigenvalue weighted by Gasteiger charge is 2.48. The number of anilines is 2. The van der Waals surface area contributed by atoms with E-state index < -0.39 is 27.3 Å². The van der Waals surface area contributed by atoms with Crippen LogP contribution in [0.4, 0.5) is 29.1 Å². The summed E-state index contributed by atoms with van der Waals surface area (Å²) >= 11 is 5.79. The lowest BCUT2D eigenvalue weighted by Crippen LogP contribution is -2.38. The highest BCUT2D eigenvalue weighted by atomic mass is 35.5. The Morgan fingerprint density at radius 3 is 2.43 bits per heavy atom. The number of sulfonamides is 1. The molecule has 2 aliphatic carbocycles. The third-order valence-corrected chi connectivity index (χ3v) is 8.34. The molecule has 4 rings (SSSR count). The van der Waals surface area contributed by atoms with E-state index in [1.165, 1.54) is 16.8 Å². The van der Waals surface area contributed by atoms with Crippen molar-refractivity contribution in [1.82, 2.24) is 14.5 Å². The largest absolute Gasteiger partial charge is 0.511 e. The zero-order valence-corrected chi connectivity index (χ0v) is 20.1. The molecule has 8 nitrogen and oxygen atoms in total. The van der Waals surface area contributed by atoms with Gasteiger partial charge in [0.15, 0.2) is 0 Å². The van der Waals surface area contributed by atoms with E-state index >= 15 is 0 Å². The summed E-state index contributed by atoms with van der Waals surface area (Å²) in [5, 5.41) is 6.98. The lowest BCUT2D eigenvalue weighted by atomic mass is 9.93. The van der Waals surface area contributed by atoms with Gasteiger partial charge in [0.05, 0.1) is 10.7 Å². The van der Waals surface area contributed by atoms with Gasteiger partial charge in [-0.1, -0.05) is 11.6 Å². The molecule has 0 bridgehead atoms. The summed E-state index contributed by atoms with van der Waals surface area (Å²) in [6.45, 7) is -0.260. The third-order valence-electron chi connectivity index (χ3n) is 6.89. The number of rotatable bonds is 6. The average Bonchev–Trinajstić information content (AvgIpc) is 3.40. The predicted molar refractivity (Wildman–Crippen MR) is 122 cm³/mol. The standard InChI is InChI=1S/C21H24ClF4N5O3S/c1-31-19(27)17(20(32)29-14-2-3-16(23)15(22)8-14)18(30-31)13-6-11-4-10(5-12(11)7-13)9-28-35(33,34)21(24,25)26/h2-3,8,10-13,28H,4-7,9,27H2,1H3,(H,29,32). The second-order valence-corrected chi connectivity index (χ2v) is 11.3. The zero-order valence-electron chi connectivity index (χ0n) is 18.6. The molecule has 35 heavy (non-hydrogen) atoms. The van der Waals surface area contributed by atoms with Crippen molar-refractivity contribution in [2.24, 2.45) is 24.8 Å². The molecular formula is C21H24ClF4N5O3S. The van der Waals surface area contributed by atoms with Gasteiger partial charge in [-0.3, -0.25) is 9.48 Å². The smallest absolute Gasteiger partial charge is 0.383 e. The van der Waals surface area contributed by atoms with Crippen molar-refractivity contribution < 1.29 is 30.8 Å². The molecule has 0 saturated heterocycles. The number of aryl methyl sites for hydroxylation is 1. The van der Waals surface area contributed by atoms with Crippen molar-refractivity contribution in [3.8, 4) is 0 Å². The van der Waals surface area contributed by atoms with Crippen molar-refractivity contribution in [2.45, 2.75) is 37.1 Å². The van der Waals surface area contributed by atoms with E-state index in [0.717, 1.165) is 6.07 Å². The fourth-order valence-electron chi connectivity index (χ4n) is 5.29. The summed E-state index contributed by atoms with van der Waals surface area (Å²) in [6.07, 6.45) is 2.48. The maximum Gasteiger partial charge on any atom is 0.511 e. The van der Waals surface area contributed by atoms with Gasteiger partial charge in [0, 0.05) is 25.2 Å². The first-order valence-corrected chi connectivity index (χ1v) is 12.8. The molecule has 0 aliphatic heterocycles. The Morgan fingerprint density at radius 1 is 1.23 bits per heavy atom. The molecule has 1 aromatic heterocycles. The van der Waals surface area contributed by atoms with Gasteiger partial charge in [0.25, 0.3) is 5.91 Å². The van der Waals surface area contributed by atoms with E-state index in [1.807, 2.05) is 0 Å². The summed E-state index contributed by atoms with van der Waals surface area (Å²) in [4.78, 5) is 13.0. The van der Waals surface area contributed by atoms with Crippen molar-refractivity contribution in [1.29, 1.82) is 0 Å². The lowest BCUT2D eigenvalue weighted by molar-refractivity contribution is -0.0448. The monoisotopic (exact) mass is 537 g/mol. The molecule has 0 radical (unpaired) electrons. The van der Waals surface area contributed by atoms with Crippen LogP contribution in [0.25, 0.3) is 0 Å². The number of hydrogen-bond acceptors (Lipinski definition) is 5. The van der Waals surface area contributed by atoms with Crippen LogP contribution in [0.15, 0.2) is 18.2 Å². The molecule has 0 spiro atoms. The van der Waals surface area contributed by atoms with Crippen LogP contribution < -0.4 is 15.8 Å². The maximum absolute atomic E-state index is 13.4. The van der Waals surface area contributed by atoms with E-state index in [-0.39, 0.29) is 46.6 Å². The van der Waals surface area contributed by atoms with Gasteiger partial charge in [0.2, 0.25) is 0 Å². The molecule has 1 amide bonds. The van der Waals surface area contributed by atoms with Crippen LogP contribution in [-0.2, 0) is 17.1 Å². The maximum atomic E-state index is 13.4. The molecule has 1 heterocycles. The second-order valence-electron chi connectivity index (χ2n) is 9.18. The number of nitrogen functional groups attached to an aromatic ring is 1. The summed E-state index contributed by atoms with van der Waals surface area (Å²) in [5.41, 5.74) is 1.83. The van der Waals surface area contributed by atoms with E-state index in [2.05, 4.69) is 10.4 Å². The lowest BCUT2D eigenvalue weighted by Gasteiger charge is -2.16. The molecule has 4 N–H and O–H groups in total. The summed E-state index contributed by atoms with van der Waals surface area (Å²) < 4.78 is 76.7. The van der Waals surface area contributed by atoms with E-state index in [9.17, 15) is 30.8 Å². The van der Waals surface area contributed by atoms with Crippen LogP contribution >= 0.6 is 11.6 Å². The minimum Gasteiger partial charge on any atom is -0.383 e. The average molecular weight is 538 g/mol. The van der Waals surface area contributed by atoms with Crippen molar-refractivity contribution in [3.63, 3.8) is 0 Å². The highest BCUT2D eigenvalue weighted by molar-refractivity contribution is 7.90. The normalized spacial score (nSPS) is 24.5. The van der Waals surface area contributed by atoms with Crippen molar-refractivity contribution >= 4 is 39.0 Å². The van der Waals surface area contributed by atoms with Crippen LogP contribution in [0, 0.1) is 23.6 Å². The number of nitrogens with two attached hydrogens (primary N) is 1. The quantitative estimate of drug-likeness (QED) is 0.481. The number of fused-ring (bicyclic) bond motifs is 1. The molecule has 2 aromatic rings. The van der Waals surface area contributed by atoms with Crippen molar-refractivity contribution in [2.75, 3.05) is 17.6 Å². The minimum absolute atomic E-state index is 0.0844. The molecule has 14 heteroatoms. The molecule has 1 aromatic carbocycles. The number of amides is 1. The van der Waals surface area contributed by atoms with Gasteiger partial charge in [-0.2, -0.15) is 18.3 Å². The number of carbonyl (C=O) groups excluding carboxylic acids is 1. The van der Waals surface area contributed by atoms with Gasteiger partial charge < -0.3 is 11.1 Å². The van der Waals surface area contributed by atoms with Gasteiger partial charge >= 0.3 is 15.5 Å². The molecule has 2 saturated carbocycles. The summed E-state index contributed by atoms with van der Waals surface area (Å²) in [5.74, 6) is -0.882. The number of halogens is 5. The second kappa shape index (κ2) is 9.25. The first-order valence-electron chi connectivity index (χ1n) is 10.9. The van der Waals surface area contributed by atoms with Crippen LogP contribution in [0.2, 0.25) is 5.02 Å². The Kier molecular flexibility index (Phi) is 6.79. The topological polar surface area (TPSA) is 119 Å². The van der Waals surface area contributed by atoms with E-state index in [0.29, 0.717) is 37.1 Å². The Bertz CT molecular complexity index is 1240. The zero-order chi connectivity index (χ0) is 25.7. The summed E-state index contributed by atoms with van der Waals surface area (Å²) in [7, 11) is -3.75. The van der Waals surface area contributed by atoms with E-state index in [1.54, 1.807) is 11.8 Å². The van der Waals surface area contributed by atoms with Gasteiger partial charge in [-0.25, -0.2) is 17.5 Å². The Morgan fingerprint density at radius 2 is 1.86 bits per heavy atom. The number of alkyl halides is 3. The van der Waals surface area contributed by atoms with Gasteiger partial charge in [0.1, 0.15) is 17.2 Å². The number of benzene rings is 1.